The maximum absolute atomic E-state index is 11.5. The van der Waals surface area contributed by atoms with E-state index in [1.54, 1.807) is 11.8 Å². The van der Waals surface area contributed by atoms with E-state index < -0.39 is 11.6 Å². The maximum Gasteiger partial charge on any atom is 0.336 e. The summed E-state index contributed by atoms with van der Waals surface area (Å²) in [5, 5.41) is 21.1. The van der Waals surface area contributed by atoms with Gasteiger partial charge in [-0.25, -0.2) is 4.79 Å². The molecular weight excluding hydrogens is 224 g/mol. The second-order valence-corrected chi connectivity index (χ2v) is 4.60. The molecule has 17 heavy (non-hydrogen) atoms. The second-order valence-electron chi connectivity index (χ2n) is 4.60. The molecule has 0 rings (SSSR count). The van der Waals surface area contributed by atoms with E-state index in [4.69, 9.17) is 5.11 Å². The molecule has 0 aromatic carbocycles. The van der Waals surface area contributed by atoms with Crippen molar-refractivity contribution in [1.82, 2.24) is 10.2 Å². The molecule has 6 heteroatoms. The third kappa shape index (κ3) is 6.23. The zero-order chi connectivity index (χ0) is 13.6. The number of rotatable bonds is 7. The normalized spacial score (nSPS) is 14.8. The third-order valence-corrected chi connectivity index (χ3v) is 2.26. The number of amides is 1. The summed E-state index contributed by atoms with van der Waals surface area (Å²) in [5.41, 5.74) is -1.84. The molecule has 1 atom stereocenters. The quantitative estimate of drug-likeness (QED) is 0.572. The van der Waals surface area contributed by atoms with Gasteiger partial charge in [0.1, 0.15) is 0 Å². The van der Waals surface area contributed by atoms with Crippen molar-refractivity contribution >= 4 is 11.9 Å². The molecule has 0 aromatic rings. The first-order valence-electron chi connectivity index (χ1n) is 5.66. The maximum atomic E-state index is 11.5. The van der Waals surface area contributed by atoms with E-state index in [2.05, 4.69) is 5.32 Å². The molecule has 0 saturated heterocycles. The lowest BCUT2D eigenvalue weighted by molar-refractivity contribution is -0.158. The van der Waals surface area contributed by atoms with E-state index in [0.717, 1.165) is 0 Å². The van der Waals surface area contributed by atoms with Gasteiger partial charge in [0, 0.05) is 12.6 Å². The molecule has 0 aliphatic carbocycles. The Morgan fingerprint density at radius 2 is 1.94 bits per heavy atom. The molecule has 1 amide bonds. The zero-order valence-electron chi connectivity index (χ0n) is 10.9. The topological polar surface area (TPSA) is 89.9 Å². The van der Waals surface area contributed by atoms with Crippen molar-refractivity contribution in [2.75, 3.05) is 19.6 Å². The second kappa shape index (κ2) is 6.56. The van der Waals surface area contributed by atoms with Gasteiger partial charge in [0.2, 0.25) is 5.91 Å². The van der Waals surface area contributed by atoms with Crippen LogP contribution in [-0.4, -0.2) is 58.3 Å². The third-order valence-electron chi connectivity index (χ3n) is 2.26. The summed E-state index contributed by atoms with van der Waals surface area (Å²) in [5.74, 6) is -1.47. The molecular formula is C11H22N2O4. The monoisotopic (exact) mass is 246 g/mol. The van der Waals surface area contributed by atoms with Crippen LogP contribution in [0.1, 0.15) is 27.7 Å². The molecule has 100 valence electrons. The van der Waals surface area contributed by atoms with Crippen molar-refractivity contribution in [2.24, 2.45) is 0 Å². The van der Waals surface area contributed by atoms with Crippen LogP contribution < -0.4 is 5.32 Å². The van der Waals surface area contributed by atoms with Crippen LogP contribution in [0.2, 0.25) is 0 Å². The van der Waals surface area contributed by atoms with Gasteiger partial charge < -0.3 is 15.5 Å². The minimum atomic E-state index is -1.84. The number of likely N-dealkylation sites (N-methyl/N-ethyl adjacent to an activating group) is 1. The van der Waals surface area contributed by atoms with Crippen molar-refractivity contribution in [3.05, 3.63) is 0 Å². The summed E-state index contributed by atoms with van der Waals surface area (Å²) in [6, 6.07) is 0.0428. The molecule has 0 bridgehead atoms. The number of hydrogen-bond acceptors (Lipinski definition) is 4. The van der Waals surface area contributed by atoms with Crippen LogP contribution in [0.15, 0.2) is 0 Å². The highest BCUT2D eigenvalue weighted by molar-refractivity contribution is 5.79. The van der Waals surface area contributed by atoms with Crippen LogP contribution in [-0.2, 0) is 9.59 Å². The number of hydrogen-bond donors (Lipinski definition) is 3. The predicted molar refractivity (Wildman–Crippen MR) is 63.7 cm³/mol. The average molecular weight is 246 g/mol. The molecule has 6 nitrogen and oxygen atoms in total. The number of carbonyl (C=O) groups excluding carboxylic acids is 1. The Kier molecular flexibility index (Phi) is 6.12. The van der Waals surface area contributed by atoms with Gasteiger partial charge in [-0.2, -0.15) is 0 Å². The van der Waals surface area contributed by atoms with Crippen LogP contribution >= 0.6 is 0 Å². The van der Waals surface area contributed by atoms with Gasteiger partial charge in [-0.15, -0.1) is 0 Å². The van der Waals surface area contributed by atoms with Gasteiger partial charge in [-0.05, 0) is 27.3 Å². The Morgan fingerprint density at radius 1 is 1.41 bits per heavy atom. The number of aliphatic hydroxyl groups is 1. The van der Waals surface area contributed by atoms with E-state index in [1.807, 2.05) is 13.8 Å². The number of nitrogens with one attached hydrogen (secondary N) is 1. The summed E-state index contributed by atoms with van der Waals surface area (Å²) in [6.45, 7) is 7.22. The minimum absolute atomic E-state index is 0.0428. The molecule has 0 aromatic heterocycles. The van der Waals surface area contributed by atoms with Gasteiger partial charge in [0.25, 0.3) is 0 Å². The molecule has 0 fully saturated rings. The van der Waals surface area contributed by atoms with Crippen LogP contribution in [0.5, 0.6) is 0 Å². The fraction of sp³-hybridized carbons (Fsp3) is 0.818. The van der Waals surface area contributed by atoms with Crippen molar-refractivity contribution in [3.63, 3.8) is 0 Å². The molecule has 0 heterocycles. The average Bonchev–Trinajstić information content (AvgIpc) is 2.14. The van der Waals surface area contributed by atoms with Crippen molar-refractivity contribution in [2.45, 2.75) is 39.3 Å². The summed E-state index contributed by atoms with van der Waals surface area (Å²) in [4.78, 5) is 23.8. The van der Waals surface area contributed by atoms with Gasteiger partial charge >= 0.3 is 5.97 Å². The van der Waals surface area contributed by atoms with Crippen molar-refractivity contribution < 1.29 is 19.8 Å². The number of carbonyl (C=O) groups is 2. The molecule has 0 aliphatic heterocycles. The highest BCUT2D eigenvalue weighted by Gasteiger charge is 2.32. The highest BCUT2D eigenvalue weighted by Crippen LogP contribution is 2.06. The van der Waals surface area contributed by atoms with Crippen LogP contribution in [0, 0.1) is 0 Å². The van der Waals surface area contributed by atoms with Crippen molar-refractivity contribution in [3.8, 4) is 0 Å². The Balaban J connectivity index is 4.35. The SMILES string of the molecule is CCN(CC(=O)NC(C)C)CC(C)(O)C(=O)O. The number of carboxylic acids is 1. The minimum Gasteiger partial charge on any atom is -0.479 e. The first-order chi connectivity index (χ1) is 7.69. The lowest BCUT2D eigenvalue weighted by atomic mass is 10.1. The summed E-state index contributed by atoms with van der Waals surface area (Å²) in [6.07, 6.45) is 0. The van der Waals surface area contributed by atoms with Gasteiger partial charge in [0.05, 0.1) is 6.54 Å². The number of carboxylic acid groups (broad SMARTS) is 1. The smallest absolute Gasteiger partial charge is 0.336 e. The lowest BCUT2D eigenvalue weighted by Gasteiger charge is -2.27. The standard InChI is InChI=1S/C11H22N2O4/c1-5-13(6-9(14)12-8(2)3)7-11(4,17)10(15)16/h8,17H,5-7H2,1-4H3,(H,12,14)(H,15,16). The van der Waals surface area contributed by atoms with Crippen LogP contribution in [0.4, 0.5) is 0 Å². The fourth-order valence-electron chi connectivity index (χ4n) is 1.35. The van der Waals surface area contributed by atoms with Crippen LogP contribution in [0.25, 0.3) is 0 Å². The Labute approximate surface area is 102 Å². The van der Waals surface area contributed by atoms with Gasteiger partial charge in [-0.1, -0.05) is 6.92 Å². The molecule has 1 unspecified atom stereocenters. The van der Waals surface area contributed by atoms with Crippen LogP contribution in [0.3, 0.4) is 0 Å². The van der Waals surface area contributed by atoms with Crippen molar-refractivity contribution in [1.29, 1.82) is 0 Å². The first kappa shape index (κ1) is 15.9. The van der Waals surface area contributed by atoms with E-state index in [0.29, 0.717) is 6.54 Å². The summed E-state index contributed by atoms with van der Waals surface area (Å²) < 4.78 is 0. The van der Waals surface area contributed by atoms with Gasteiger partial charge in [0.15, 0.2) is 5.60 Å². The molecule has 3 N–H and O–H groups in total. The van der Waals surface area contributed by atoms with E-state index >= 15 is 0 Å². The largest absolute Gasteiger partial charge is 0.479 e. The Bertz CT molecular complexity index is 277. The Hall–Kier alpha value is -1.14. The first-order valence-corrected chi connectivity index (χ1v) is 5.66. The zero-order valence-corrected chi connectivity index (χ0v) is 10.9. The summed E-state index contributed by atoms with van der Waals surface area (Å²) >= 11 is 0. The molecule has 0 saturated carbocycles. The van der Waals surface area contributed by atoms with E-state index in [-0.39, 0.29) is 25.0 Å². The number of aliphatic carboxylic acids is 1. The van der Waals surface area contributed by atoms with E-state index in [1.165, 1.54) is 6.92 Å². The number of nitrogens with zero attached hydrogens (tertiary/aromatic N) is 1. The van der Waals surface area contributed by atoms with E-state index in [9.17, 15) is 14.7 Å². The lowest BCUT2D eigenvalue weighted by Crippen LogP contribution is -2.49. The molecule has 0 spiro atoms. The fourth-order valence-corrected chi connectivity index (χ4v) is 1.35. The Morgan fingerprint density at radius 3 is 2.29 bits per heavy atom. The molecule has 0 radical (unpaired) electrons. The highest BCUT2D eigenvalue weighted by atomic mass is 16.4. The predicted octanol–water partition coefficient (Wildman–Crippen LogP) is -0.331. The van der Waals surface area contributed by atoms with Gasteiger partial charge in [-0.3, -0.25) is 9.69 Å². The summed E-state index contributed by atoms with van der Waals surface area (Å²) in [7, 11) is 0. The molecule has 0 aliphatic rings.